The van der Waals surface area contributed by atoms with Gasteiger partial charge in [-0.1, -0.05) is 41.4 Å². The molecule has 5 rings (SSSR count). The van der Waals surface area contributed by atoms with E-state index in [0.29, 0.717) is 45.2 Å². The Morgan fingerprint density at radius 1 is 1.08 bits per heavy atom. The lowest BCUT2D eigenvalue weighted by molar-refractivity contribution is -0.904. The standard InChI is InChI=1S/C37H41Cl2N3O8S/c1-4-49-33-15-23(8-9-32(33)48-3)27(17-29-30(38)19-42(47)20-31(29)39)28-16-26(51-35(28)36(44)45)18-40-34(24-6-5-7-25(43)14-24)37(46)50-21-22-10-12-41(2)13-11-22/h5-9,14-16,19-20,22,27,34,40H,4,10-13,17-18,21H2,1-3H3,(H2-,43,44,45,47). The summed E-state index contributed by atoms with van der Waals surface area (Å²) in [4.78, 5) is 29.1. The van der Waals surface area contributed by atoms with Crippen LogP contribution in [-0.4, -0.2) is 67.6 Å². The fourth-order valence-corrected chi connectivity index (χ4v) is 7.86. The number of phenolic OH excluding ortho intramolecular Hbond substituents is 1. The molecule has 0 radical (unpaired) electrons. The maximum Gasteiger partial charge on any atom is 0.327 e. The number of esters is 1. The summed E-state index contributed by atoms with van der Waals surface area (Å²) in [5, 5.41) is 36.5. The van der Waals surface area contributed by atoms with Crippen molar-refractivity contribution in [2.24, 2.45) is 5.92 Å². The van der Waals surface area contributed by atoms with Gasteiger partial charge >= 0.3 is 5.97 Å². The molecule has 14 heteroatoms. The van der Waals surface area contributed by atoms with Crippen LogP contribution in [0.5, 0.6) is 17.2 Å². The second-order valence-electron chi connectivity index (χ2n) is 12.5. The summed E-state index contributed by atoms with van der Waals surface area (Å²) in [5.74, 6) is -1.24. The number of pyridine rings is 1. The molecule has 2 aromatic carbocycles. The van der Waals surface area contributed by atoms with Gasteiger partial charge < -0.3 is 34.1 Å². The van der Waals surface area contributed by atoms with E-state index in [2.05, 4.69) is 17.3 Å². The van der Waals surface area contributed by atoms with E-state index in [0.717, 1.165) is 42.0 Å². The van der Waals surface area contributed by atoms with Gasteiger partial charge in [0.15, 0.2) is 11.5 Å². The summed E-state index contributed by atoms with van der Waals surface area (Å²) in [6.07, 6.45) is 4.62. The fraction of sp³-hybridized carbons (Fsp3) is 0.378. The number of aromatic nitrogens is 1. The Balaban J connectivity index is 1.48. The number of carboxylic acid groups (broad SMARTS) is 1. The molecule has 272 valence electrons. The van der Waals surface area contributed by atoms with Crippen molar-refractivity contribution in [1.29, 1.82) is 0 Å². The molecule has 2 atom stereocenters. The van der Waals surface area contributed by atoms with Gasteiger partial charge in [0, 0.05) is 27.6 Å². The third-order valence-corrected chi connectivity index (χ3v) is 10.7. The number of methoxy groups -OCH3 is 1. The zero-order chi connectivity index (χ0) is 36.7. The van der Waals surface area contributed by atoms with Crippen molar-refractivity contribution >= 4 is 46.5 Å². The van der Waals surface area contributed by atoms with Crippen LogP contribution < -0.4 is 24.6 Å². The highest BCUT2D eigenvalue weighted by atomic mass is 35.5. The van der Waals surface area contributed by atoms with E-state index in [1.54, 1.807) is 30.3 Å². The third kappa shape index (κ3) is 9.63. The van der Waals surface area contributed by atoms with Crippen molar-refractivity contribution in [3.8, 4) is 17.2 Å². The van der Waals surface area contributed by atoms with Gasteiger partial charge in [0.2, 0.25) is 12.4 Å². The number of carbonyl (C=O) groups is 2. The largest absolute Gasteiger partial charge is 0.544 e. The van der Waals surface area contributed by atoms with Gasteiger partial charge in [-0.05, 0) is 99.3 Å². The number of hydrogen-bond donors (Lipinski definition) is 3. The molecule has 1 fully saturated rings. The molecule has 0 aliphatic carbocycles. The smallest absolute Gasteiger partial charge is 0.327 e. The highest BCUT2D eigenvalue weighted by Crippen LogP contribution is 2.41. The van der Waals surface area contributed by atoms with Crippen LogP contribution in [0.3, 0.4) is 0 Å². The molecule has 4 aromatic rings. The number of nitrogens with one attached hydrogen (secondary N) is 1. The summed E-state index contributed by atoms with van der Waals surface area (Å²) >= 11 is 14.1. The van der Waals surface area contributed by atoms with Crippen molar-refractivity contribution in [2.75, 3.05) is 40.5 Å². The number of phenols is 1. The van der Waals surface area contributed by atoms with Gasteiger partial charge in [0.1, 0.15) is 21.8 Å². The molecule has 0 spiro atoms. The Kier molecular flexibility index (Phi) is 13.0. The maximum absolute atomic E-state index is 13.5. The van der Waals surface area contributed by atoms with Crippen molar-refractivity contribution in [3.63, 3.8) is 0 Å². The second kappa shape index (κ2) is 17.4. The minimum absolute atomic E-state index is 0.00114. The van der Waals surface area contributed by atoms with E-state index in [1.165, 1.54) is 31.6 Å². The van der Waals surface area contributed by atoms with Crippen molar-refractivity contribution in [3.05, 3.63) is 103 Å². The zero-order valence-corrected chi connectivity index (χ0v) is 30.9. The predicted octanol–water partition coefficient (Wildman–Crippen LogP) is 5.15. The molecule has 1 aliphatic rings. The van der Waals surface area contributed by atoms with Crippen LogP contribution in [0.2, 0.25) is 10.0 Å². The van der Waals surface area contributed by atoms with Crippen molar-refractivity contribution in [2.45, 2.75) is 44.7 Å². The molecule has 0 bridgehead atoms. The number of likely N-dealkylation sites (tertiary alicyclic amines) is 1. The first kappa shape index (κ1) is 38.2. The van der Waals surface area contributed by atoms with Crippen LogP contribution in [0, 0.1) is 5.92 Å². The first-order valence-corrected chi connectivity index (χ1v) is 18.1. The molecule has 2 aromatic heterocycles. The SMILES string of the molecule is CCOc1cc(C(Cc2c(Cl)c[n+](O)cc2Cl)c2cc(CNC(C(=O)OCC3CCN(C)CC3)c3cccc(O)c3)sc2C(=O)[O-])ccc1OC. The van der Waals surface area contributed by atoms with Crippen LogP contribution in [-0.2, 0) is 22.5 Å². The highest BCUT2D eigenvalue weighted by Gasteiger charge is 2.29. The molecule has 0 saturated carbocycles. The number of thiophene rings is 1. The van der Waals surface area contributed by atoms with E-state index in [-0.39, 0.29) is 46.2 Å². The fourth-order valence-electron chi connectivity index (χ4n) is 6.24. The topological polar surface area (TPSA) is 144 Å². The monoisotopic (exact) mass is 757 g/mol. The minimum atomic E-state index is -1.37. The minimum Gasteiger partial charge on any atom is -0.544 e. The summed E-state index contributed by atoms with van der Waals surface area (Å²) < 4.78 is 17.9. The van der Waals surface area contributed by atoms with Crippen molar-refractivity contribution in [1.82, 2.24) is 10.2 Å². The number of aromatic carboxylic acids is 1. The number of carbonyl (C=O) groups excluding carboxylic acids is 2. The number of carboxylic acids is 1. The lowest BCUT2D eigenvalue weighted by Gasteiger charge is -2.29. The number of halogens is 2. The molecule has 0 amide bonds. The molecule has 2 unspecified atom stereocenters. The Labute approximate surface area is 310 Å². The van der Waals surface area contributed by atoms with Gasteiger partial charge in [0.25, 0.3) is 0 Å². The molecular formula is C37H41Cl2N3O8S. The van der Waals surface area contributed by atoms with E-state index in [1.807, 2.05) is 13.0 Å². The Morgan fingerprint density at radius 3 is 2.45 bits per heavy atom. The molecule has 1 saturated heterocycles. The number of ether oxygens (including phenoxy) is 3. The van der Waals surface area contributed by atoms with Gasteiger partial charge in [0.05, 0.1) is 31.2 Å². The van der Waals surface area contributed by atoms with Crippen molar-refractivity contribution < 1.29 is 44.0 Å². The third-order valence-electron chi connectivity index (χ3n) is 8.96. The maximum atomic E-state index is 13.5. The molecule has 3 N–H and O–H groups in total. The number of aromatic hydroxyl groups is 1. The summed E-state index contributed by atoms with van der Waals surface area (Å²) in [7, 11) is 3.60. The highest BCUT2D eigenvalue weighted by molar-refractivity contribution is 7.14. The number of hydrogen-bond acceptors (Lipinski definition) is 11. The number of nitrogens with zero attached hydrogens (tertiary/aromatic N) is 2. The normalized spacial score (nSPS) is 14.9. The molecule has 11 nitrogen and oxygen atoms in total. The average molecular weight is 759 g/mol. The number of rotatable bonds is 15. The van der Waals surface area contributed by atoms with Crippen LogP contribution in [0.4, 0.5) is 0 Å². The Morgan fingerprint density at radius 2 is 1.80 bits per heavy atom. The zero-order valence-electron chi connectivity index (χ0n) is 28.6. The van der Waals surface area contributed by atoms with Gasteiger partial charge in [-0.25, -0.2) is 4.79 Å². The quantitative estimate of drug-likeness (QED) is 0.0847. The van der Waals surface area contributed by atoms with Gasteiger partial charge in [-0.3, -0.25) is 10.5 Å². The second-order valence-corrected chi connectivity index (χ2v) is 14.4. The van der Waals surface area contributed by atoms with Gasteiger partial charge in [-0.2, -0.15) is 0 Å². The lowest BCUT2D eigenvalue weighted by atomic mass is 9.85. The summed E-state index contributed by atoms with van der Waals surface area (Å²) in [5.41, 5.74) is 2.14. The molecule has 3 heterocycles. The van der Waals surface area contributed by atoms with Crippen LogP contribution in [0.15, 0.2) is 60.9 Å². The van der Waals surface area contributed by atoms with E-state index in [9.17, 15) is 25.0 Å². The summed E-state index contributed by atoms with van der Waals surface area (Å²) in [6.45, 7) is 4.48. The van der Waals surface area contributed by atoms with Crippen LogP contribution in [0.1, 0.15) is 68.5 Å². The van der Waals surface area contributed by atoms with E-state index < -0.39 is 23.9 Å². The summed E-state index contributed by atoms with van der Waals surface area (Å²) in [6, 6.07) is 12.6. The van der Waals surface area contributed by atoms with Crippen LogP contribution >= 0.6 is 34.5 Å². The Hall–Kier alpha value is -4.07. The first-order valence-electron chi connectivity index (χ1n) is 16.6. The average Bonchev–Trinajstić information content (AvgIpc) is 3.52. The van der Waals surface area contributed by atoms with Crippen LogP contribution in [0.25, 0.3) is 0 Å². The molecular weight excluding hydrogens is 717 g/mol. The molecule has 1 aliphatic heterocycles. The lowest BCUT2D eigenvalue weighted by Crippen LogP contribution is -2.34. The van der Waals surface area contributed by atoms with Gasteiger partial charge in [-0.15, -0.1) is 11.3 Å². The van der Waals surface area contributed by atoms with E-state index >= 15 is 0 Å². The Bertz CT molecular complexity index is 1820. The number of benzene rings is 2. The van der Waals surface area contributed by atoms with E-state index in [4.69, 9.17) is 37.4 Å². The molecule has 51 heavy (non-hydrogen) atoms. The predicted molar refractivity (Wildman–Crippen MR) is 191 cm³/mol. The first-order chi connectivity index (χ1) is 24.5. The number of piperidine rings is 1.